The van der Waals surface area contributed by atoms with E-state index >= 15 is 0 Å². The van der Waals surface area contributed by atoms with E-state index in [0.29, 0.717) is 5.11 Å². The quantitative estimate of drug-likeness (QED) is 0.482. The lowest BCUT2D eigenvalue weighted by Crippen LogP contribution is -2.29. The van der Waals surface area contributed by atoms with Crippen LogP contribution in [0.4, 0.5) is 0 Å². The van der Waals surface area contributed by atoms with Gasteiger partial charge in [-0.15, -0.1) is 0 Å². The van der Waals surface area contributed by atoms with Gasteiger partial charge in [0.25, 0.3) is 0 Å². The number of benzene rings is 1. The van der Waals surface area contributed by atoms with E-state index in [1.54, 1.807) is 7.05 Å². The van der Waals surface area contributed by atoms with Crippen LogP contribution >= 0.6 is 12.2 Å². The molecule has 0 atom stereocenters. The molecule has 0 radical (unpaired) electrons. The van der Waals surface area contributed by atoms with E-state index in [4.69, 9.17) is 12.2 Å². The predicted molar refractivity (Wildman–Crippen MR) is 79.5 cm³/mol. The number of hydrazone groups is 1. The molecule has 0 spiro atoms. The highest BCUT2D eigenvalue weighted by Gasteiger charge is 1.96. The van der Waals surface area contributed by atoms with Crippen LogP contribution in [0.1, 0.15) is 31.9 Å². The molecular weight excluding hydrogens is 230 g/mol. The maximum absolute atomic E-state index is 4.92. The summed E-state index contributed by atoms with van der Waals surface area (Å²) >= 11 is 4.92. The Bertz CT molecular complexity index is 369. The van der Waals surface area contributed by atoms with Gasteiger partial charge in [0.15, 0.2) is 5.11 Å². The van der Waals surface area contributed by atoms with Gasteiger partial charge in [0.1, 0.15) is 0 Å². The van der Waals surface area contributed by atoms with E-state index in [-0.39, 0.29) is 0 Å². The zero-order valence-corrected chi connectivity index (χ0v) is 12.0. The lowest BCUT2D eigenvalue weighted by molar-refractivity contribution is 0.974. The average Bonchev–Trinajstić information content (AvgIpc) is 2.38. The number of nitrogens with one attached hydrogen (secondary N) is 2. The first-order valence-corrected chi connectivity index (χ1v) is 6.13. The van der Waals surface area contributed by atoms with Gasteiger partial charge in [-0.2, -0.15) is 5.10 Å². The molecule has 0 saturated carbocycles. The maximum Gasteiger partial charge on any atom is 0.186 e. The van der Waals surface area contributed by atoms with Crippen LogP contribution < -0.4 is 10.7 Å². The fourth-order valence-corrected chi connectivity index (χ4v) is 1.10. The summed E-state index contributed by atoms with van der Waals surface area (Å²) in [6.07, 6.45) is 0. The molecule has 0 bridgehead atoms. The minimum atomic E-state index is 0.515. The third kappa shape index (κ3) is 6.02. The van der Waals surface area contributed by atoms with E-state index in [0.717, 1.165) is 11.3 Å². The number of rotatable bonds is 2. The Morgan fingerprint density at radius 3 is 2.18 bits per heavy atom. The van der Waals surface area contributed by atoms with E-state index in [2.05, 4.69) is 34.9 Å². The third-order valence-corrected chi connectivity index (χ3v) is 2.32. The molecule has 0 heterocycles. The summed E-state index contributed by atoms with van der Waals surface area (Å²) in [6.45, 7) is 8.00. The van der Waals surface area contributed by atoms with Crippen molar-refractivity contribution in [2.45, 2.75) is 27.7 Å². The summed E-state index contributed by atoms with van der Waals surface area (Å²) in [7, 11) is 1.76. The summed E-state index contributed by atoms with van der Waals surface area (Å²) in [6, 6.07) is 8.20. The standard InChI is InChI=1S/C11H15N3S.C2H6/c1-8-4-6-10(7-5-8)9(2)13-14-11(15)12-3;1-2/h4-7H,1-3H3,(H2,12,14,15);1-2H3/b13-9+;. The van der Waals surface area contributed by atoms with Gasteiger partial charge < -0.3 is 5.32 Å². The van der Waals surface area contributed by atoms with E-state index in [1.165, 1.54) is 5.56 Å². The second kappa shape index (κ2) is 8.70. The van der Waals surface area contributed by atoms with Crippen molar-refractivity contribution in [2.75, 3.05) is 7.05 Å². The lowest BCUT2D eigenvalue weighted by Gasteiger charge is -2.04. The van der Waals surface area contributed by atoms with Crippen LogP contribution in [0.25, 0.3) is 0 Å². The van der Waals surface area contributed by atoms with Gasteiger partial charge in [-0.25, -0.2) is 0 Å². The Hall–Kier alpha value is -1.42. The fourth-order valence-electron chi connectivity index (χ4n) is 1.05. The first kappa shape index (κ1) is 15.6. The van der Waals surface area contributed by atoms with Crippen LogP contribution in [-0.4, -0.2) is 17.9 Å². The topological polar surface area (TPSA) is 36.4 Å². The molecule has 0 fully saturated rings. The van der Waals surface area contributed by atoms with Gasteiger partial charge in [0.2, 0.25) is 0 Å². The molecule has 1 aromatic carbocycles. The van der Waals surface area contributed by atoms with Gasteiger partial charge in [-0.3, -0.25) is 5.43 Å². The predicted octanol–water partition coefficient (Wildman–Crippen LogP) is 2.84. The summed E-state index contributed by atoms with van der Waals surface area (Å²) in [5.74, 6) is 0. The normalized spacial score (nSPS) is 10.1. The number of hydrogen-bond donors (Lipinski definition) is 2. The Balaban J connectivity index is 0.00000121. The molecule has 17 heavy (non-hydrogen) atoms. The Morgan fingerprint density at radius 1 is 1.18 bits per heavy atom. The number of hydrogen-bond acceptors (Lipinski definition) is 2. The Kier molecular flexibility index (Phi) is 7.97. The maximum atomic E-state index is 4.92. The summed E-state index contributed by atoms with van der Waals surface area (Å²) in [5, 5.41) is 7.47. The first-order valence-electron chi connectivity index (χ1n) is 5.72. The van der Waals surface area contributed by atoms with Crippen molar-refractivity contribution in [2.24, 2.45) is 5.10 Å². The molecule has 4 heteroatoms. The highest BCUT2D eigenvalue weighted by Crippen LogP contribution is 2.03. The molecule has 94 valence electrons. The molecule has 1 rings (SSSR count). The van der Waals surface area contributed by atoms with Crippen LogP contribution in [-0.2, 0) is 0 Å². The van der Waals surface area contributed by atoms with Crippen LogP contribution in [0.3, 0.4) is 0 Å². The van der Waals surface area contributed by atoms with Crippen LogP contribution in [0.2, 0.25) is 0 Å². The van der Waals surface area contributed by atoms with Crippen LogP contribution in [0, 0.1) is 6.92 Å². The Labute approximate surface area is 109 Å². The Morgan fingerprint density at radius 2 is 1.71 bits per heavy atom. The van der Waals surface area contributed by atoms with Gasteiger partial charge in [-0.1, -0.05) is 43.7 Å². The summed E-state index contributed by atoms with van der Waals surface area (Å²) in [4.78, 5) is 0. The first-order chi connectivity index (χ1) is 8.13. The van der Waals surface area contributed by atoms with E-state index in [1.807, 2.05) is 32.9 Å². The molecule has 0 aliphatic heterocycles. The van der Waals surface area contributed by atoms with Crippen molar-refractivity contribution < 1.29 is 0 Å². The fraction of sp³-hybridized carbons (Fsp3) is 0.385. The average molecular weight is 251 g/mol. The molecule has 3 nitrogen and oxygen atoms in total. The van der Waals surface area contributed by atoms with E-state index < -0.39 is 0 Å². The zero-order valence-electron chi connectivity index (χ0n) is 11.2. The number of nitrogens with zero attached hydrogens (tertiary/aromatic N) is 1. The molecule has 0 amide bonds. The van der Waals surface area contributed by atoms with Gasteiger partial charge in [0, 0.05) is 7.05 Å². The minimum Gasteiger partial charge on any atom is -0.364 e. The number of thiocarbonyl (C=S) groups is 1. The molecule has 2 N–H and O–H groups in total. The summed E-state index contributed by atoms with van der Waals surface area (Å²) in [5.41, 5.74) is 5.99. The van der Waals surface area contributed by atoms with Crippen LogP contribution in [0.15, 0.2) is 29.4 Å². The molecule has 0 unspecified atom stereocenters. The highest BCUT2D eigenvalue weighted by atomic mass is 32.1. The van der Waals surface area contributed by atoms with E-state index in [9.17, 15) is 0 Å². The van der Waals surface area contributed by atoms with Crippen molar-refractivity contribution in [3.8, 4) is 0 Å². The van der Waals surface area contributed by atoms with Gasteiger partial charge >= 0.3 is 0 Å². The molecule has 0 aliphatic rings. The highest BCUT2D eigenvalue weighted by molar-refractivity contribution is 7.80. The SMILES string of the molecule is CC.CNC(=S)N/N=C(\C)c1ccc(C)cc1. The molecule has 0 aliphatic carbocycles. The van der Waals surface area contributed by atoms with Gasteiger partial charge in [-0.05, 0) is 31.6 Å². The van der Waals surface area contributed by atoms with Crippen molar-refractivity contribution in [3.63, 3.8) is 0 Å². The largest absolute Gasteiger partial charge is 0.364 e. The lowest BCUT2D eigenvalue weighted by atomic mass is 10.1. The van der Waals surface area contributed by atoms with Crippen molar-refractivity contribution in [1.82, 2.24) is 10.7 Å². The van der Waals surface area contributed by atoms with Crippen molar-refractivity contribution in [3.05, 3.63) is 35.4 Å². The van der Waals surface area contributed by atoms with Gasteiger partial charge in [0.05, 0.1) is 5.71 Å². The zero-order chi connectivity index (χ0) is 13.3. The second-order valence-electron chi connectivity index (χ2n) is 3.25. The minimum absolute atomic E-state index is 0.515. The van der Waals surface area contributed by atoms with Crippen molar-refractivity contribution in [1.29, 1.82) is 0 Å². The summed E-state index contributed by atoms with van der Waals surface area (Å²) < 4.78 is 0. The second-order valence-corrected chi connectivity index (χ2v) is 3.66. The third-order valence-electron chi connectivity index (χ3n) is 2.02. The number of aryl methyl sites for hydroxylation is 1. The molecule has 0 saturated heterocycles. The smallest absolute Gasteiger partial charge is 0.186 e. The molecule has 0 aromatic heterocycles. The van der Waals surface area contributed by atoms with Crippen LogP contribution in [0.5, 0.6) is 0 Å². The molecule has 1 aromatic rings. The van der Waals surface area contributed by atoms with Crippen molar-refractivity contribution >= 4 is 23.0 Å². The molecular formula is C13H21N3S. The monoisotopic (exact) mass is 251 g/mol.